The van der Waals surface area contributed by atoms with E-state index in [1.165, 1.54) is 7.11 Å². The number of benzene rings is 2. The number of nitrogens with zero attached hydrogens (tertiary/aromatic N) is 2. The first-order valence-electron chi connectivity index (χ1n) is 8.24. The van der Waals surface area contributed by atoms with E-state index in [1.54, 1.807) is 30.1 Å². The van der Waals surface area contributed by atoms with Crippen LogP contribution in [-0.4, -0.2) is 38.2 Å². The van der Waals surface area contributed by atoms with Gasteiger partial charge in [-0.1, -0.05) is 12.1 Å². The molecule has 2 aromatic rings. The summed E-state index contributed by atoms with van der Waals surface area (Å²) in [5, 5.41) is 8.91. The molecule has 0 heterocycles. The van der Waals surface area contributed by atoms with Crippen molar-refractivity contribution in [2.75, 3.05) is 27.4 Å². The topological polar surface area (TPSA) is 71.8 Å². The first-order valence-corrected chi connectivity index (χ1v) is 8.24. The SMILES string of the molecule is CCOc1ccc(CN(C)C(=O)COc2ccc(C#N)cc2OC)cc1. The predicted octanol–water partition coefficient (Wildman–Crippen LogP) is 3.00. The van der Waals surface area contributed by atoms with E-state index in [0.717, 1.165) is 11.3 Å². The highest BCUT2D eigenvalue weighted by Gasteiger charge is 2.13. The Hall–Kier alpha value is -3.20. The molecule has 0 spiro atoms. The Kier molecular flexibility index (Phi) is 6.86. The van der Waals surface area contributed by atoms with Crippen LogP contribution in [-0.2, 0) is 11.3 Å². The van der Waals surface area contributed by atoms with Crippen molar-refractivity contribution in [3.63, 3.8) is 0 Å². The van der Waals surface area contributed by atoms with Gasteiger partial charge in [-0.3, -0.25) is 4.79 Å². The molecule has 0 atom stereocenters. The number of carbonyl (C=O) groups excluding carboxylic acids is 1. The molecule has 0 unspecified atom stereocenters. The lowest BCUT2D eigenvalue weighted by atomic mass is 10.2. The van der Waals surface area contributed by atoms with E-state index < -0.39 is 0 Å². The Morgan fingerprint density at radius 3 is 2.46 bits per heavy atom. The molecule has 6 nitrogen and oxygen atoms in total. The molecule has 0 aliphatic rings. The van der Waals surface area contributed by atoms with Crippen LogP contribution in [0.5, 0.6) is 17.2 Å². The van der Waals surface area contributed by atoms with Gasteiger partial charge in [-0.05, 0) is 36.8 Å². The summed E-state index contributed by atoms with van der Waals surface area (Å²) in [6.07, 6.45) is 0. The minimum Gasteiger partial charge on any atom is -0.494 e. The van der Waals surface area contributed by atoms with Gasteiger partial charge >= 0.3 is 0 Å². The summed E-state index contributed by atoms with van der Waals surface area (Å²) in [6.45, 7) is 2.91. The minimum absolute atomic E-state index is 0.115. The number of amides is 1. The van der Waals surface area contributed by atoms with Crippen molar-refractivity contribution >= 4 is 5.91 Å². The maximum absolute atomic E-state index is 12.3. The number of methoxy groups -OCH3 is 1. The van der Waals surface area contributed by atoms with Gasteiger partial charge in [0.15, 0.2) is 18.1 Å². The zero-order chi connectivity index (χ0) is 18.9. The minimum atomic E-state index is -0.162. The molecule has 0 N–H and O–H groups in total. The van der Waals surface area contributed by atoms with Crippen LogP contribution in [0.1, 0.15) is 18.1 Å². The molecule has 2 aromatic carbocycles. The molecule has 2 rings (SSSR count). The number of nitriles is 1. The third-order valence-electron chi connectivity index (χ3n) is 3.72. The normalized spacial score (nSPS) is 9.92. The molecule has 0 aliphatic carbocycles. The van der Waals surface area contributed by atoms with Crippen molar-refractivity contribution in [3.8, 4) is 23.3 Å². The molecular formula is C20H22N2O4. The molecule has 26 heavy (non-hydrogen) atoms. The van der Waals surface area contributed by atoms with E-state index in [2.05, 4.69) is 0 Å². The lowest BCUT2D eigenvalue weighted by Gasteiger charge is -2.18. The van der Waals surface area contributed by atoms with Crippen LogP contribution in [0, 0.1) is 11.3 Å². The molecule has 1 amide bonds. The van der Waals surface area contributed by atoms with Crippen molar-refractivity contribution in [1.82, 2.24) is 4.90 Å². The van der Waals surface area contributed by atoms with E-state index >= 15 is 0 Å². The standard InChI is InChI=1S/C20H22N2O4/c1-4-25-17-8-5-15(6-9-17)13-22(2)20(23)14-26-18-10-7-16(12-21)11-19(18)24-3/h5-11H,4,13-14H2,1-3H3. The van der Waals surface area contributed by atoms with Crippen molar-refractivity contribution in [3.05, 3.63) is 53.6 Å². The number of ether oxygens (including phenoxy) is 3. The molecule has 0 saturated carbocycles. The Morgan fingerprint density at radius 2 is 1.85 bits per heavy atom. The van der Waals surface area contributed by atoms with E-state index in [4.69, 9.17) is 19.5 Å². The largest absolute Gasteiger partial charge is 0.494 e. The first kappa shape index (κ1) is 19.1. The maximum atomic E-state index is 12.3. The second kappa shape index (κ2) is 9.33. The van der Waals surface area contributed by atoms with Gasteiger partial charge in [0, 0.05) is 19.7 Å². The Labute approximate surface area is 153 Å². The lowest BCUT2D eigenvalue weighted by Crippen LogP contribution is -2.31. The van der Waals surface area contributed by atoms with E-state index in [9.17, 15) is 4.79 Å². The van der Waals surface area contributed by atoms with Crippen LogP contribution in [0.25, 0.3) is 0 Å². The smallest absolute Gasteiger partial charge is 0.260 e. The van der Waals surface area contributed by atoms with E-state index in [0.29, 0.717) is 30.2 Å². The summed E-state index contributed by atoms with van der Waals surface area (Å²) in [5.74, 6) is 1.49. The van der Waals surface area contributed by atoms with Crippen LogP contribution >= 0.6 is 0 Å². The van der Waals surface area contributed by atoms with Crippen molar-refractivity contribution in [2.24, 2.45) is 0 Å². The van der Waals surface area contributed by atoms with Gasteiger partial charge in [0.05, 0.1) is 25.3 Å². The van der Waals surface area contributed by atoms with Crippen molar-refractivity contribution in [2.45, 2.75) is 13.5 Å². The van der Waals surface area contributed by atoms with Gasteiger partial charge in [-0.2, -0.15) is 5.26 Å². The predicted molar refractivity (Wildman–Crippen MR) is 97.3 cm³/mol. The summed E-state index contributed by atoms with van der Waals surface area (Å²) >= 11 is 0. The van der Waals surface area contributed by atoms with Gasteiger partial charge in [0.1, 0.15) is 5.75 Å². The van der Waals surface area contributed by atoms with Gasteiger partial charge < -0.3 is 19.1 Å². The zero-order valence-electron chi connectivity index (χ0n) is 15.2. The van der Waals surface area contributed by atoms with Crippen molar-refractivity contribution < 1.29 is 19.0 Å². The molecule has 6 heteroatoms. The zero-order valence-corrected chi connectivity index (χ0v) is 15.2. The van der Waals surface area contributed by atoms with Gasteiger partial charge in [-0.25, -0.2) is 0 Å². The maximum Gasteiger partial charge on any atom is 0.260 e. The second-order valence-electron chi connectivity index (χ2n) is 5.59. The van der Waals surface area contributed by atoms with Crippen LogP contribution in [0.4, 0.5) is 0 Å². The van der Waals surface area contributed by atoms with Crippen LogP contribution < -0.4 is 14.2 Å². The third kappa shape index (κ3) is 5.15. The highest BCUT2D eigenvalue weighted by atomic mass is 16.5. The summed E-state index contributed by atoms with van der Waals surface area (Å²) in [4.78, 5) is 13.9. The molecular weight excluding hydrogens is 332 g/mol. The van der Waals surface area contributed by atoms with Gasteiger partial charge in [0.2, 0.25) is 0 Å². The number of hydrogen-bond acceptors (Lipinski definition) is 5. The third-order valence-corrected chi connectivity index (χ3v) is 3.72. The van der Waals surface area contributed by atoms with Crippen LogP contribution in [0.15, 0.2) is 42.5 Å². The molecule has 0 bridgehead atoms. The molecule has 0 aliphatic heterocycles. The number of likely N-dealkylation sites (N-methyl/N-ethyl adjacent to an activating group) is 1. The highest BCUT2D eigenvalue weighted by molar-refractivity contribution is 5.77. The molecule has 0 radical (unpaired) electrons. The van der Waals surface area contributed by atoms with Crippen LogP contribution in [0.3, 0.4) is 0 Å². The first-order chi connectivity index (χ1) is 12.6. The summed E-state index contributed by atoms with van der Waals surface area (Å²) in [5.41, 5.74) is 1.47. The lowest BCUT2D eigenvalue weighted by molar-refractivity contribution is -0.132. The Bertz CT molecular complexity index is 781. The monoisotopic (exact) mass is 354 g/mol. The number of hydrogen-bond donors (Lipinski definition) is 0. The fourth-order valence-corrected chi connectivity index (χ4v) is 2.33. The van der Waals surface area contributed by atoms with Crippen molar-refractivity contribution in [1.29, 1.82) is 5.26 Å². The quantitative estimate of drug-likeness (QED) is 0.729. The highest BCUT2D eigenvalue weighted by Crippen LogP contribution is 2.27. The number of carbonyl (C=O) groups is 1. The molecule has 0 saturated heterocycles. The summed E-state index contributed by atoms with van der Waals surface area (Å²) in [6, 6.07) is 14.5. The second-order valence-corrected chi connectivity index (χ2v) is 5.59. The molecule has 0 fully saturated rings. The summed E-state index contributed by atoms with van der Waals surface area (Å²) < 4.78 is 16.2. The van der Waals surface area contributed by atoms with E-state index in [-0.39, 0.29) is 12.5 Å². The fourth-order valence-electron chi connectivity index (χ4n) is 2.33. The number of rotatable bonds is 8. The average molecular weight is 354 g/mol. The molecule has 0 aromatic heterocycles. The summed E-state index contributed by atoms with van der Waals surface area (Å²) in [7, 11) is 3.21. The van der Waals surface area contributed by atoms with Gasteiger partial charge in [-0.15, -0.1) is 0 Å². The van der Waals surface area contributed by atoms with E-state index in [1.807, 2.05) is 37.3 Å². The molecule has 136 valence electrons. The van der Waals surface area contributed by atoms with Crippen LogP contribution in [0.2, 0.25) is 0 Å². The Morgan fingerprint density at radius 1 is 1.12 bits per heavy atom. The fraction of sp³-hybridized carbons (Fsp3) is 0.300. The average Bonchev–Trinajstić information content (AvgIpc) is 2.67. The Balaban J connectivity index is 1.92. The van der Waals surface area contributed by atoms with Gasteiger partial charge in [0.25, 0.3) is 5.91 Å².